The molecule has 0 N–H and O–H groups in total. The second-order valence-electron chi connectivity index (χ2n) is 7.31. The third-order valence-corrected chi connectivity index (χ3v) is 5.62. The molecular weight excluding hydrogens is 340 g/mol. The number of ether oxygens (including phenoxy) is 1. The molecule has 2 aliphatic rings. The molecule has 5 heteroatoms. The number of amides is 2. The number of benzene rings is 2. The van der Waals surface area contributed by atoms with Gasteiger partial charge in [-0.05, 0) is 67.6 Å². The highest BCUT2D eigenvalue weighted by molar-refractivity contribution is 5.96. The number of nitrogens with zero attached hydrogens (tertiary/aromatic N) is 2. The fourth-order valence-corrected chi connectivity index (χ4v) is 3.91. The molecule has 2 aromatic carbocycles. The Morgan fingerprint density at radius 2 is 1.81 bits per heavy atom. The number of hydrogen-bond donors (Lipinski definition) is 0. The number of cyclic esters (lactones) is 1. The van der Waals surface area contributed by atoms with Crippen molar-refractivity contribution in [3.8, 4) is 0 Å². The Morgan fingerprint density at radius 1 is 1.04 bits per heavy atom. The molecule has 2 aromatic rings. The van der Waals surface area contributed by atoms with E-state index in [9.17, 15) is 9.59 Å². The van der Waals surface area contributed by atoms with Crippen LogP contribution in [0.5, 0.6) is 0 Å². The van der Waals surface area contributed by atoms with Gasteiger partial charge in [0.1, 0.15) is 6.61 Å². The van der Waals surface area contributed by atoms with E-state index < -0.39 is 0 Å². The van der Waals surface area contributed by atoms with Gasteiger partial charge in [0.2, 0.25) is 0 Å². The van der Waals surface area contributed by atoms with E-state index >= 15 is 0 Å². The third kappa shape index (κ3) is 3.29. The Labute approximate surface area is 159 Å². The van der Waals surface area contributed by atoms with E-state index in [1.807, 2.05) is 17.0 Å². The number of aryl methyl sites for hydroxylation is 2. The zero-order chi connectivity index (χ0) is 19.0. The van der Waals surface area contributed by atoms with E-state index in [0.29, 0.717) is 18.7 Å². The zero-order valence-corrected chi connectivity index (χ0v) is 15.8. The smallest absolute Gasteiger partial charge is 0.414 e. The maximum Gasteiger partial charge on any atom is 0.414 e. The van der Waals surface area contributed by atoms with E-state index in [1.165, 1.54) is 16.7 Å². The highest BCUT2D eigenvalue weighted by atomic mass is 16.6. The fourth-order valence-electron chi connectivity index (χ4n) is 3.91. The Morgan fingerprint density at radius 3 is 2.48 bits per heavy atom. The molecule has 140 valence electrons. The first kappa shape index (κ1) is 17.6. The van der Waals surface area contributed by atoms with Gasteiger partial charge >= 0.3 is 6.09 Å². The van der Waals surface area contributed by atoms with E-state index in [-0.39, 0.29) is 18.0 Å². The Bertz CT molecular complexity index is 876. The summed E-state index contributed by atoms with van der Waals surface area (Å²) in [6.45, 7) is 5.95. The summed E-state index contributed by atoms with van der Waals surface area (Å²) in [6.07, 6.45) is 1.68. The molecule has 27 heavy (non-hydrogen) atoms. The number of likely N-dealkylation sites (tertiary alicyclic amines) is 1. The number of carbonyl (C=O) groups is 2. The third-order valence-electron chi connectivity index (χ3n) is 5.62. The van der Waals surface area contributed by atoms with Crippen LogP contribution in [-0.4, -0.2) is 36.6 Å². The molecule has 2 fully saturated rings. The molecule has 0 radical (unpaired) electrons. The Hall–Kier alpha value is -2.82. The van der Waals surface area contributed by atoms with E-state index in [0.717, 1.165) is 25.1 Å². The van der Waals surface area contributed by atoms with Crippen molar-refractivity contribution in [2.24, 2.45) is 0 Å². The van der Waals surface area contributed by atoms with Crippen molar-refractivity contribution in [3.63, 3.8) is 0 Å². The predicted octanol–water partition coefficient (Wildman–Crippen LogP) is 4.24. The van der Waals surface area contributed by atoms with Crippen LogP contribution in [0, 0.1) is 13.8 Å². The first-order chi connectivity index (χ1) is 13.0. The lowest BCUT2D eigenvalue weighted by atomic mass is 9.99. The van der Waals surface area contributed by atoms with Crippen LogP contribution in [0.15, 0.2) is 42.5 Å². The second kappa shape index (κ2) is 7.06. The molecule has 4 rings (SSSR count). The topological polar surface area (TPSA) is 49.9 Å². The highest BCUT2D eigenvalue weighted by Gasteiger charge is 2.31. The number of anilines is 1. The van der Waals surface area contributed by atoms with Crippen LogP contribution in [-0.2, 0) is 4.74 Å². The van der Waals surface area contributed by atoms with E-state index in [2.05, 4.69) is 32.0 Å². The summed E-state index contributed by atoms with van der Waals surface area (Å²) in [5.74, 6) is 0.0475. The Kier molecular flexibility index (Phi) is 4.60. The van der Waals surface area contributed by atoms with Crippen LogP contribution >= 0.6 is 0 Å². The molecule has 2 aliphatic heterocycles. The number of rotatable bonds is 3. The van der Waals surface area contributed by atoms with Gasteiger partial charge in [-0.3, -0.25) is 9.69 Å². The van der Waals surface area contributed by atoms with Gasteiger partial charge < -0.3 is 9.64 Å². The number of hydrogen-bond acceptors (Lipinski definition) is 3. The van der Waals surface area contributed by atoms with Crippen LogP contribution in [0.2, 0.25) is 0 Å². The molecule has 0 spiro atoms. The standard InChI is InChI=1S/C22H24N2O3/c1-15-5-6-18(14-16(15)2)20-4-3-11-24(20)21(25)17-7-9-19(10-8-17)23-12-13-27-22(23)26/h5-10,14,20H,3-4,11-13H2,1-2H3/t20-/m0/s1. The van der Waals surface area contributed by atoms with Gasteiger partial charge in [-0.25, -0.2) is 4.79 Å². The van der Waals surface area contributed by atoms with Crippen LogP contribution in [0.25, 0.3) is 0 Å². The van der Waals surface area contributed by atoms with Crippen LogP contribution in [0.3, 0.4) is 0 Å². The maximum atomic E-state index is 13.1. The molecule has 0 unspecified atom stereocenters. The minimum Gasteiger partial charge on any atom is -0.447 e. The molecule has 2 amide bonds. The van der Waals surface area contributed by atoms with E-state index in [4.69, 9.17) is 4.74 Å². The minimum atomic E-state index is -0.330. The van der Waals surface area contributed by atoms with E-state index in [1.54, 1.807) is 17.0 Å². The van der Waals surface area contributed by atoms with Crippen molar-refractivity contribution >= 4 is 17.7 Å². The van der Waals surface area contributed by atoms with Crippen molar-refractivity contribution in [1.82, 2.24) is 4.90 Å². The van der Waals surface area contributed by atoms with Crippen molar-refractivity contribution in [3.05, 3.63) is 64.7 Å². The highest BCUT2D eigenvalue weighted by Crippen LogP contribution is 2.34. The van der Waals surface area contributed by atoms with Crippen molar-refractivity contribution in [2.45, 2.75) is 32.7 Å². The van der Waals surface area contributed by atoms with Gasteiger partial charge in [0, 0.05) is 17.8 Å². The lowest BCUT2D eigenvalue weighted by molar-refractivity contribution is 0.0735. The van der Waals surface area contributed by atoms with Gasteiger partial charge in [-0.15, -0.1) is 0 Å². The summed E-state index contributed by atoms with van der Waals surface area (Å²) in [5.41, 5.74) is 5.16. The van der Waals surface area contributed by atoms with Gasteiger partial charge in [0.15, 0.2) is 0 Å². The fraction of sp³-hybridized carbons (Fsp3) is 0.364. The van der Waals surface area contributed by atoms with Gasteiger partial charge in [0.25, 0.3) is 5.91 Å². The van der Waals surface area contributed by atoms with Crippen molar-refractivity contribution in [1.29, 1.82) is 0 Å². The predicted molar refractivity (Wildman–Crippen MR) is 104 cm³/mol. The first-order valence-corrected chi connectivity index (χ1v) is 9.47. The molecule has 0 aliphatic carbocycles. The number of carbonyl (C=O) groups excluding carboxylic acids is 2. The lowest BCUT2D eigenvalue weighted by Crippen LogP contribution is -2.30. The summed E-state index contributed by atoms with van der Waals surface area (Å²) >= 11 is 0. The molecule has 5 nitrogen and oxygen atoms in total. The summed E-state index contributed by atoms with van der Waals surface area (Å²) in [4.78, 5) is 28.3. The molecule has 0 bridgehead atoms. The van der Waals surface area contributed by atoms with Gasteiger partial charge in [-0.1, -0.05) is 18.2 Å². The average molecular weight is 364 g/mol. The molecular formula is C22H24N2O3. The average Bonchev–Trinajstić information content (AvgIpc) is 3.33. The normalized spacial score (nSPS) is 19.5. The summed E-state index contributed by atoms with van der Waals surface area (Å²) in [6, 6.07) is 13.9. The van der Waals surface area contributed by atoms with Crippen LogP contribution in [0.4, 0.5) is 10.5 Å². The maximum absolute atomic E-state index is 13.1. The van der Waals surface area contributed by atoms with Gasteiger partial charge in [-0.2, -0.15) is 0 Å². The monoisotopic (exact) mass is 364 g/mol. The largest absolute Gasteiger partial charge is 0.447 e. The Balaban J connectivity index is 1.54. The molecule has 1 atom stereocenters. The summed E-state index contributed by atoms with van der Waals surface area (Å²) in [7, 11) is 0. The van der Waals surface area contributed by atoms with Gasteiger partial charge in [0.05, 0.1) is 12.6 Å². The SMILES string of the molecule is Cc1ccc([C@@H]2CCCN2C(=O)c2ccc(N3CCOC3=O)cc2)cc1C. The lowest BCUT2D eigenvalue weighted by Gasteiger charge is -2.26. The van der Waals surface area contributed by atoms with Crippen LogP contribution in [0.1, 0.15) is 45.9 Å². The zero-order valence-electron chi connectivity index (χ0n) is 15.8. The molecule has 2 saturated heterocycles. The van der Waals surface area contributed by atoms with Crippen LogP contribution < -0.4 is 4.90 Å². The van der Waals surface area contributed by atoms with Crippen molar-refractivity contribution < 1.29 is 14.3 Å². The molecule has 0 saturated carbocycles. The molecule has 2 heterocycles. The minimum absolute atomic E-state index is 0.0475. The van der Waals surface area contributed by atoms with Crippen molar-refractivity contribution in [2.75, 3.05) is 24.6 Å². The molecule has 0 aromatic heterocycles. The quantitative estimate of drug-likeness (QED) is 0.819. The second-order valence-corrected chi connectivity index (χ2v) is 7.31. The summed E-state index contributed by atoms with van der Waals surface area (Å²) in [5, 5.41) is 0. The summed E-state index contributed by atoms with van der Waals surface area (Å²) < 4.78 is 4.97. The first-order valence-electron chi connectivity index (χ1n) is 9.47.